The molecule has 0 radical (unpaired) electrons. The van der Waals surface area contributed by atoms with Crippen LogP contribution in [0.1, 0.15) is 13.3 Å². The largest absolute Gasteiger partial charge is 0.417 e. The molecule has 0 aromatic rings. The van der Waals surface area contributed by atoms with E-state index < -0.39 is 8.32 Å². The highest BCUT2D eigenvalue weighted by Crippen LogP contribution is 2.22. The summed E-state index contributed by atoms with van der Waals surface area (Å²) in [6, 6.07) is 1.16. The molecule has 0 saturated carbocycles. The zero-order valence-corrected chi connectivity index (χ0v) is 9.26. The number of hydrogen-bond donors (Lipinski definition) is 0. The lowest BCUT2D eigenvalue weighted by Gasteiger charge is -2.21. The van der Waals surface area contributed by atoms with Crippen LogP contribution in [0.3, 0.4) is 0 Å². The molecule has 0 atom stereocenters. The molecule has 0 fully saturated rings. The molecule has 1 rings (SSSR count). The first kappa shape index (κ1) is 9.74. The fourth-order valence-electron chi connectivity index (χ4n) is 1.57. The molecule has 0 heterocycles. The Labute approximate surface area is 76.3 Å². The highest BCUT2D eigenvalue weighted by Gasteiger charge is 2.22. The molecule has 0 unspecified atom stereocenters. The molecule has 0 saturated heterocycles. The van der Waals surface area contributed by atoms with E-state index in [1.54, 1.807) is 0 Å². The van der Waals surface area contributed by atoms with Crippen molar-refractivity contribution in [2.24, 2.45) is 0 Å². The fraction of sp³-hybridized carbons (Fsp3) is 0.600. The fourth-order valence-corrected chi connectivity index (χ4v) is 3.70. The molecular weight excluding hydrogens is 164 g/mol. The average Bonchev–Trinajstić information content (AvgIpc) is 2.38. The molecule has 1 aliphatic carbocycles. The van der Waals surface area contributed by atoms with Gasteiger partial charge >= 0.3 is 0 Å². The Balaban J connectivity index is 2.43. The maximum absolute atomic E-state index is 5.76. The SMILES string of the molecule is CCO[Si](C)(C)CC1=CCC=C1. The monoisotopic (exact) mass is 182 g/mol. The zero-order valence-electron chi connectivity index (χ0n) is 8.26. The normalized spacial score (nSPS) is 16.8. The summed E-state index contributed by atoms with van der Waals surface area (Å²) in [6.07, 6.45) is 7.86. The minimum atomic E-state index is -1.39. The number of hydrogen-bond acceptors (Lipinski definition) is 1. The van der Waals surface area contributed by atoms with Gasteiger partial charge in [0.05, 0.1) is 0 Å². The molecule has 1 aliphatic rings. The van der Waals surface area contributed by atoms with Gasteiger partial charge in [-0.3, -0.25) is 0 Å². The first-order valence-corrected chi connectivity index (χ1v) is 7.75. The summed E-state index contributed by atoms with van der Waals surface area (Å²) in [7, 11) is -1.39. The van der Waals surface area contributed by atoms with Crippen LogP contribution in [0, 0.1) is 0 Å². The topological polar surface area (TPSA) is 9.23 Å². The van der Waals surface area contributed by atoms with Gasteiger partial charge in [0.2, 0.25) is 0 Å². The van der Waals surface area contributed by atoms with Gasteiger partial charge in [0.1, 0.15) is 0 Å². The highest BCUT2D eigenvalue weighted by molar-refractivity contribution is 6.71. The maximum atomic E-state index is 5.76. The quantitative estimate of drug-likeness (QED) is 0.607. The predicted octanol–water partition coefficient (Wildman–Crippen LogP) is 3.11. The van der Waals surface area contributed by atoms with E-state index in [2.05, 4.69) is 38.2 Å². The van der Waals surface area contributed by atoms with Crippen molar-refractivity contribution in [1.29, 1.82) is 0 Å². The Hall–Kier alpha value is -0.343. The zero-order chi connectivity index (χ0) is 9.03. The summed E-state index contributed by atoms with van der Waals surface area (Å²) >= 11 is 0. The second kappa shape index (κ2) is 4.05. The van der Waals surface area contributed by atoms with E-state index in [4.69, 9.17) is 4.43 Å². The van der Waals surface area contributed by atoms with E-state index in [-0.39, 0.29) is 0 Å². The molecule has 0 spiro atoms. The Morgan fingerprint density at radius 2 is 2.25 bits per heavy atom. The molecule has 68 valence electrons. The standard InChI is InChI=1S/C10H18OSi/c1-4-11-12(2,3)9-10-7-5-6-8-10/h5,7-8H,4,6,9H2,1-3H3. The van der Waals surface area contributed by atoms with Crippen LogP contribution in [0.4, 0.5) is 0 Å². The molecule has 0 aliphatic heterocycles. The number of rotatable bonds is 4. The third kappa shape index (κ3) is 2.95. The molecule has 0 N–H and O–H groups in total. The lowest BCUT2D eigenvalue weighted by molar-refractivity contribution is 0.331. The smallest absolute Gasteiger partial charge is 0.190 e. The van der Waals surface area contributed by atoms with Crippen LogP contribution in [0.25, 0.3) is 0 Å². The van der Waals surface area contributed by atoms with E-state index >= 15 is 0 Å². The summed E-state index contributed by atoms with van der Waals surface area (Å²) in [5.74, 6) is 0. The van der Waals surface area contributed by atoms with E-state index in [1.165, 1.54) is 5.57 Å². The minimum absolute atomic E-state index is 0.857. The summed E-state index contributed by atoms with van der Waals surface area (Å²) in [6.45, 7) is 7.50. The van der Waals surface area contributed by atoms with Gasteiger partial charge in [0.15, 0.2) is 8.32 Å². The molecule has 0 amide bonds. The summed E-state index contributed by atoms with van der Waals surface area (Å²) < 4.78 is 5.76. The van der Waals surface area contributed by atoms with E-state index in [1.807, 2.05) is 0 Å². The molecule has 1 nitrogen and oxygen atoms in total. The third-order valence-electron chi connectivity index (χ3n) is 2.01. The van der Waals surface area contributed by atoms with Gasteiger partial charge in [-0.25, -0.2) is 0 Å². The Morgan fingerprint density at radius 1 is 1.50 bits per heavy atom. The molecule has 0 aromatic heterocycles. The van der Waals surface area contributed by atoms with E-state index in [0.29, 0.717) is 0 Å². The Morgan fingerprint density at radius 3 is 2.75 bits per heavy atom. The van der Waals surface area contributed by atoms with Crippen LogP contribution in [-0.2, 0) is 4.43 Å². The van der Waals surface area contributed by atoms with Crippen molar-refractivity contribution < 1.29 is 4.43 Å². The van der Waals surface area contributed by atoms with Gasteiger partial charge in [-0.1, -0.05) is 23.8 Å². The van der Waals surface area contributed by atoms with Crippen molar-refractivity contribution in [3.63, 3.8) is 0 Å². The molecule has 12 heavy (non-hydrogen) atoms. The predicted molar refractivity (Wildman–Crippen MR) is 55.8 cm³/mol. The lowest BCUT2D eigenvalue weighted by Crippen LogP contribution is -2.30. The second-order valence-corrected chi connectivity index (χ2v) is 7.95. The van der Waals surface area contributed by atoms with Crippen molar-refractivity contribution >= 4 is 8.32 Å². The van der Waals surface area contributed by atoms with E-state index in [0.717, 1.165) is 19.1 Å². The van der Waals surface area contributed by atoms with Crippen LogP contribution in [0.5, 0.6) is 0 Å². The van der Waals surface area contributed by atoms with Gasteiger partial charge in [-0.05, 0) is 32.5 Å². The number of allylic oxidation sites excluding steroid dienone is 4. The summed E-state index contributed by atoms with van der Waals surface area (Å²) in [4.78, 5) is 0. The Kier molecular flexibility index (Phi) is 3.29. The van der Waals surface area contributed by atoms with Crippen molar-refractivity contribution in [1.82, 2.24) is 0 Å². The molecule has 2 heteroatoms. The van der Waals surface area contributed by atoms with E-state index in [9.17, 15) is 0 Å². The summed E-state index contributed by atoms with van der Waals surface area (Å²) in [5, 5.41) is 0. The van der Waals surface area contributed by atoms with Crippen molar-refractivity contribution in [3.8, 4) is 0 Å². The van der Waals surface area contributed by atoms with Crippen LogP contribution < -0.4 is 0 Å². The molecule has 0 aromatic carbocycles. The minimum Gasteiger partial charge on any atom is -0.417 e. The van der Waals surface area contributed by atoms with Gasteiger partial charge in [-0.2, -0.15) is 0 Å². The van der Waals surface area contributed by atoms with Crippen molar-refractivity contribution in [3.05, 3.63) is 23.8 Å². The van der Waals surface area contributed by atoms with Gasteiger partial charge in [0, 0.05) is 6.61 Å². The first-order valence-electron chi connectivity index (χ1n) is 4.63. The maximum Gasteiger partial charge on any atom is 0.190 e. The van der Waals surface area contributed by atoms with Crippen LogP contribution in [0.15, 0.2) is 23.8 Å². The van der Waals surface area contributed by atoms with Crippen molar-refractivity contribution in [2.75, 3.05) is 6.61 Å². The van der Waals surface area contributed by atoms with Crippen LogP contribution in [0.2, 0.25) is 19.1 Å². The summed E-state index contributed by atoms with van der Waals surface area (Å²) in [5.41, 5.74) is 1.47. The Bertz CT molecular complexity index is 204. The van der Waals surface area contributed by atoms with Crippen molar-refractivity contribution in [2.45, 2.75) is 32.5 Å². The van der Waals surface area contributed by atoms with Crippen LogP contribution >= 0.6 is 0 Å². The first-order chi connectivity index (χ1) is 5.64. The van der Waals surface area contributed by atoms with Gasteiger partial charge in [0.25, 0.3) is 0 Å². The highest BCUT2D eigenvalue weighted by atomic mass is 28.4. The molecular formula is C10H18OSi. The van der Waals surface area contributed by atoms with Crippen LogP contribution in [-0.4, -0.2) is 14.9 Å². The second-order valence-electron chi connectivity index (χ2n) is 3.79. The lowest BCUT2D eigenvalue weighted by atomic mass is 10.3. The molecule has 0 bridgehead atoms. The van der Waals surface area contributed by atoms with Gasteiger partial charge < -0.3 is 4.43 Å². The third-order valence-corrected chi connectivity index (χ3v) is 4.34. The van der Waals surface area contributed by atoms with Gasteiger partial charge in [-0.15, -0.1) is 0 Å². The average molecular weight is 182 g/mol.